The molecule has 1 aromatic heterocycles. The highest BCUT2D eigenvalue weighted by molar-refractivity contribution is 5.90. The number of rotatable bonds is 3. The predicted octanol–water partition coefficient (Wildman–Crippen LogP) is 2.72. The zero-order valence-corrected chi connectivity index (χ0v) is 12.6. The van der Waals surface area contributed by atoms with Crippen molar-refractivity contribution in [3.05, 3.63) is 36.5 Å². The van der Waals surface area contributed by atoms with Crippen molar-refractivity contribution >= 4 is 11.7 Å². The average molecular weight is 300 g/mol. The van der Waals surface area contributed by atoms with E-state index in [1.807, 2.05) is 35.2 Å². The number of hydrogen-bond donors (Lipinski definition) is 2. The number of amides is 2. The second-order valence-corrected chi connectivity index (χ2v) is 5.40. The van der Waals surface area contributed by atoms with Gasteiger partial charge >= 0.3 is 6.03 Å². The number of likely N-dealkylation sites (tertiary alicyclic amines) is 1. The van der Waals surface area contributed by atoms with Gasteiger partial charge in [-0.05, 0) is 31.0 Å². The Balaban J connectivity index is 1.63. The lowest BCUT2D eigenvalue weighted by molar-refractivity contribution is 0.0521. The Bertz CT molecular complexity index is 619. The molecule has 2 heterocycles. The highest BCUT2D eigenvalue weighted by Gasteiger charge is 2.22. The summed E-state index contributed by atoms with van der Waals surface area (Å²) >= 11 is 0. The lowest BCUT2D eigenvalue weighted by atomic mass is 10.1. The van der Waals surface area contributed by atoms with Crippen molar-refractivity contribution in [1.82, 2.24) is 15.1 Å². The van der Waals surface area contributed by atoms with Crippen LogP contribution >= 0.6 is 0 Å². The molecule has 1 saturated heterocycles. The van der Waals surface area contributed by atoms with E-state index in [1.54, 1.807) is 13.3 Å². The zero-order chi connectivity index (χ0) is 15.4. The minimum absolute atomic E-state index is 0.0590. The van der Waals surface area contributed by atoms with Crippen molar-refractivity contribution in [3.63, 3.8) is 0 Å². The third-order valence-electron chi connectivity index (χ3n) is 3.99. The van der Waals surface area contributed by atoms with Crippen LogP contribution in [-0.4, -0.2) is 47.4 Å². The summed E-state index contributed by atoms with van der Waals surface area (Å²) in [7, 11) is 1.72. The van der Waals surface area contributed by atoms with Crippen molar-refractivity contribution in [1.29, 1.82) is 0 Å². The summed E-state index contributed by atoms with van der Waals surface area (Å²) in [5.41, 5.74) is 2.70. The molecule has 0 spiro atoms. The molecule has 22 heavy (non-hydrogen) atoms. The number of nitrogens with zero attached hydrogens (tertiary/aromatic N) is 2. The van der Waals surface area contributed by atoms with E-state index in [-0.39, 0.29) is 12.1 Å². The predicted molar refractivity (Wildman–Crippen MR) is 84.6 cm³/mol. The van der Waals surface area contributed by atoms with Crippen molar-refractivity contribution in [2.45, 2.75) is 18.9 Å². The Labute approximate surface area is 129 Å². The average Bonchev–Trinajstić information content (AvgIpc) is 3.10. The number of aromatic amines is 1. The van der Waals surface area contributed by atoms with E-state index in [1.165, 1.54) is 0 Å². The zero-order valence-electron chi connectivity index (χ0n) is 12.6. The number of methoxy groups -OCH3 is 1. The number of H-pyrrole nitrogens is 1. The minimum atomic E-state index is -0.0590. The molecule has 2 amide bonds. The van der Waals surface area contributed by atoms with E-state index in [4.69, 9.17) is 4.74 Å². The quantitative estimate of drug-likeness (QED) is 0.915. The molecule has 0 unspecified atom stereocenters. The molecular weight excluding hydrogens is 280 g/mol. The van der Waals surface area contributed by atoms with Crippen LogP contribution in [0.1, 0.15) is 12.8 Å². The molecule has 2 aromatic rings. The molecule has 3 rings (SSSR count). The number of nitrogens with one attached hydrogen (secondary N) is 2. The number of anilines is 1. The molecule has 116 valence electrons. The maximum Gasteiger partial charge on any atom is 0.321 e. The van der Waals surface area contributed by atoms with Crippen LogP contribution in [0.4, 0.5) is 10.5 Å². The number of hydrogen-bond acceptors (Lipinski definition) is 3. The van der Waals surface area contributed by atoms with Gasteiger partial charge in [0, 0.05) is 37.6 Å². The number of aromatic nitrogens is 2. The molecule has 1 aromatic carbocycles. The van der Waals surface area contributed by atoms with E-state index < -0.39 is 0 Å². The Hall–Kier alpha value is -2.34. The summed E-state index contributed by atoms with van der Waals surface area (Å²) in [4.78, 5) is 14.1. The van der Waals surface area contributed by atoms with Crippen molar-refractivity contribution < 1.29 is 9.53 Å². The Morgan fingerprint density at radius 2 is 2.18 bits per heavy atom. The highest BCUT2D eigenvalue weighted by atomic mass is 16.5. The van der Waals surface area contributed by atoms with E-state index in [9.17, 15) is 4.79 Å². The van der Waals surface area contributed by atoms with Crippen LogP contribution in [0.25, 0.3) is 11.3 Å². The fourth-order valence-electron chi connectivity index (χ4n) is 2.68. The van der Waals surface area contributed by atoms with Gasteiger partial charge in [0.1, 0.15) is 0 Å². The highest BCUT2D eigenvalue weighted by Crippen LogP contribution is 2.21. The Morgan fingerprint density at radius 3 is 2.86 bits per heavy atom. The molecule has 0 radical (unpaired) electrons. The van der Waals surface area contributed by atoms with Crippen LogP contribution in [0.3, 0.4) is 0 Å². The number of carbonyl (C=O) groups is 1. The number of ether oxygens (including phenoxy) is 1. The lowest BCUT2D eigenvalue weighted by Gasteiger charge is -2.31. The maximum absolute atomic E-state index is 12.3. The summed E-state index contributed by atoms with van der Waals surface area (Å²) in [6.07, 6.45) is 3.75. The molecule has 0 saturated carbocycles. The van der Waals surface area contributed by atoms with Crippen LogP contribution in [0, 0.1) is 0 Å². The first kappa shape index (κ1) is 14.6. The van der Waals surface area contributed by atoms with Gasteiger partial charge in [0.2, 0.25) is 0 Å². The topological polar surface area (TPSA) is 70.2 Å². The molecule has 6 nitrogen and oxygen atoms in total. The van der Waals surface area contributed by atoms with Gasteiger partial charge in [0.15, 0.2) is 0 Å². The number of benzene rings is 1. The molecule has 0 aliphatic carbocycles. The Morgan fingerprint density at radius 1 is 1.36 bits per heavy atom. The van der Waals surface area contributed by atoms with E-state index >= 15 is 0 Å². The van der Waals surface area contributed by atoms with Gasteiger partial charge in [-0.3, -0.25) is 5.10 Å². The fourth-order valence-corrected chi connectivity index (χ4v) is 2.68. The van der Waals surface area contributed by atoms with Gasteiger partial charge < -0.3 is 15.0 Å². The van der Waals surface area contributed by atoms with Crippen LogP contribution in [0.5, 0.6) is 0 Å². The van der Waals surface area contributed by atoms with Crippen LogP contribution in [0.2, 0.25) is 0 Å². The van der Waals surface area contributed by atoms with Gasteiger partial charge in [-0.1, -0.05) is 12.1 Å². The Kier molecular flexibility index (Phi) is 4.39. The normalized spacial score (nSPS) is 15.8. The summed E-state index contributed by atoms with van der Waals surface area (Å²) < 4.78 is 5.33. The van der Waals surface area contributed by atoms with Crippen LogP contribution < -0.4 is 5.32 Å². The first-order valence-electron chi connectivity index (χ1n) is 7.45. The number of carbonyl (C=O) groups excluding carboxylic acids is 1. The SMILES string of the molecule is COC1CCN(C(=O)Nc2cccc(-c3ccn[nH]3)c2)CC1. The van der Waals surface area contributed by atoms with Crippen molar-refractivity contribution in [2.75, 3.05) is 25.5 Å². The monoisotopic (exact) mass is 300 g/mol. The molecular formula is C16H20N4O2. The smallest absolute Gasteiger partial charge is 0.321 e. The summed E-state index contributed by atoms with van der Waals surface area (Å²) in [6.45, 7) is 1.45. The van der Waals surface area contributed by atoms with E-state index in [0.717, 1.165) is 42.9 Å². The first-order valence-corrected chi connectivity index (χ1v) is 7.45. The first-order chi connectivity index (χ1) is 10.8. The second-order valence-electron chi connectivity index (χ2n) is 5.40. The third-order valence-corrected chi connectivity index (χ3v) is 3.99. The summed E-state index contributed by atoms with van der Waals surface area (Å²) in [5.74, 6) is 0. The summed E-state index contributed by atoms with van der Waals surface area (Å²) in [6, 6.07) is 9.57. The van der Waals surface area contributed by atoms with Gasteiger partial charge in [-0.25, -0.2) is 4.79 Å². The molecule has 6 heteroatoms. The molecule has 2 N–H and O–H groups in total. The maximum atomic E-state index is 12.3. The van der Waals surface area contributed by atoms with Crippen LogP contribution in [0.15, 0.2) is 36.5 Å². The molecule has 1 aliphatic rings. The van der Waals surface area contributed by atoms with Crippen molar-refractivity contribution in [2.24, 2.45) is 0 Å². The number of urea groups is 1. The molecule has 1 aliphatic heterocycles. The van der Waals surface area contributed by atoms with Crippen LogP contribution in [-0.2, 0) is 4.74 Å². The van der Waals surface area contributed by atoms with Gasteiger partial charge in [0.25, 0.3) is 0 Å². The van der Waals surface area contributed by atoms with Crippen molar-refractivity contribution in [3.8, 4) is 11.3 Å². The third kappa shape index (κ3) is 3.28. The van der Waals surface area contributed by atoms with Gasteiger partial charge in [-0.2, -0.15) is 5.10 Å². The molecule has 0 bridgehead atoms. The largest absolute Gasteiger partial charge is 0.381 e. The second kappa shape index (κ2) is 6.62. The molecule has 1 fully saturated rings. The lowest BCUT2D eigenvalue weighted by Crippen LogP contribution is -2.42. The number of piperidine rings is 1. The van der Waals surface area contributed by atoms with E-state index in [0.29, 0.717) is 0 Å². The summed E-state index contributed by atoms with van der Waals surface area (Å²) in [5, 5.41) is 9.83. The molecule has 0 atom stereocenters. The van der Waals surface area contributed by atoms with Gasteiger partial charge in [-0.15, -0.1) is 0 Å². The van der Waals surface area contributed by atoms with Gasteiger partial charge in [0.05, 0.1) is 11.8 Å². The minimum Gasteiger partial charge on any atom is -0.381 e. The standard InChI is InChI=1S/C16H20N4O2/c1-22-14-6-9-20(10-7-14)16(21)18-13-4-2-3-12(11-13)15-5-8-17-19-15/h2-5,8,11,14H,6-7,9-10H2,1H3,(H,17,19)(H,18,21). The fraction of sp³-hybridized carbons (Fsp3) is 0.375. The van der Waals surface area contributed by atoms with E-state index in [2.05, 4.69) is 15.5 Å².